The molecule has 3 nitrogen and oxygen atoms in total. The Morgan fingerprint density at radius 2 is 1.60 bits per heavy atom. The first-order valence-corrected chi connectivity index (χ1v) is 7.33. The SMILES string of the molecule is CCCNC(C)(CC(N)=O)c1ccc(C(C)(C)C)cc1. The molecule has 0 saturated carbocycles. The largest absolute Gasteiger partial charge is 0.370 e. The van der Waals surface area contributed by atoms with Crippen molar-refractivity contribution in [3.05, 3.63) is 35.4 Å². The maximum atomic E-state index is 11.4. The van der Waals surface area contributed by atoms with Crippen molar-refractivity contribution in [2.24, 2.45) is 5.73 Å². The third kappa shape index (κ3) is 4.34. The van der Waals surface area contributed by atoms with Crippen LogP contribution >= 0.6 is 0 Å². The maximum absolute atomic E-state index is 11.4. The van der Waals surface area contributed by atoms with E-state index in [1.165, 1.54) is 5.56 Å². The van der Waals surface area contributed by atoms with Crippen LogP contribution < -0.4 is 11.1 Å². The van der Waals surface area contributed by atoms with Crippen molar-refractivity contribution in [2.45, 2.75) is 58.4 Å². The molecule has 0 aliphatic heterocycles. The number of nitrogens with two attached hydrogens (primary N) is 1. The van der Waals surface area contributed by atoms with Gasteiger partial charge in [0.05, 0.1) is 0 Å². The Morgan fingerprint density at radius 1 is 1.10 bits per heavy atom. The molecule has 1 atom stereocenters. The highest BCUT2D eigenvalue weighted by Crippen LogP contribution is 2.28. The van der Waals surface area contributed by atoms with Gasteiger partial charge in [-0.05, 0) is 36.4 Å². The molecule has 0 aromatic heterocycles. The molecule has 0 radical (unpaired) electrons. The Labute approximate surface area is 122 Å². The molecule has 1 amide bonds. The van der Waals surface area contributed by atoms with Crippen LogP contribution in [0, 0.1) is 0 Å². The van der Waals surface area contributed by atoms with Crippen LogP contribution in [0.4, 0.5) is 0 Å². The van der Waals surface area contributed by atoms with Crippen LogP contribution in [-0.2, 0) is 15.7 Å². The van der Waals surface area contributed by atoms with Gasteiger partial charge < -0.3 is 11.1 Å². The highest BCUT2D eigenvalue weighted by Gasteiger charge is 2.28. The second kappa shape index (κ2) is 6.40. The van der Waals surface area contributed by atoms with Crippen LogP contribution in [0.5, 0.6) is 0 Å². The fraction of sp³-hybridized carbons (Fsp3) is 0.588. The van der Waals surface area contributed by atoms with Gasteiger partial charge in [-0.15, -0.1) is 0 Å². The first-order valence-electron chi connectivity index (χ1n) is 7.33. The van der Waals surface area contributed by atoms with Crippen LogP contribution in [0.3, 0.4) is 0 Å². The molecule has 0 bridgehead atoms. The van der Waals surface area contributed by atoms with Gasteiger partial charge in [-0.25, -0.2) is 0 Å². The van der Waals surface area contributed by atoms with E-state index < -0.39 is 5.54 Å². The smallest absolute Gasteiger partial charge is 0.219 e. The van der Waals surface area contributed by atoms with Crippen molar-refractivity contribution < 1.29 is 4.79 Å². The summed E-state index contributed by atoms with van der Waals surface area (Å²) in [5, 5.41) is 3.45. The van der Waals surface area contributed by atoms with Crippen molar-refractivity contribution >= 4 is 5.91 Å². The van der Waals surface area contributed by atoms with Gasteiger partial charge in [0, 0.05) is 12.0 Å². The zero-order chi connectivity index (χ0) is 15.4. The highest BCUT2D eigenvalue weighted by atomic mass is 16.1. The van der Waals surface area contributed by atoms with E-state index in [-0.39, 0.29) is 11.3 Å². The van der Waals surface area contributed by atoms with Gasteiger partial charge in [-0.1, -0.05) is 52.0 Å². The quantitative estimate of drug-likeness (QED) is 0.839. The summed E-state index contributed by atoms with van der Waals surface area (Å²) in [6, 6.07) is 8.49. The van der Waals surface area contributed by atoms with Gasteiger partial charge in [0.2, 0.25) is 5.91 Å². The van der Waals surface area contributed by atoms with E-state index in [1.54, 1.807) is 0 Å². The van der Waals surface area contributed by atoms with E-state index in [9.17, 15) is 4.79 Å². The summed E-state index contributed by atoms with van der Waals surface area (Å²) < 4.78 is 0. The first-order chi connectivity index (χ1) is 9.19. The molecule has 1 aromatic carbocycles. The minimum Gasteiger partial charge on any atom is -0.370 e. The number of nitrogens with one attached hydrogen (secondary N) is 1. The molecule has 0 aliphatic carbocycles. The number of carbonyl (C=O) groups excluding carboxylic acids is 1. The zero-order valence-corrected chi connectivity index (χ0v) is 13.4. The minimum absolute atomic E-state index is 0.134. The van der Waals surface area contributed by atoms with E-state index >= 15 is 0 Å². The van der Waals surface area contributed by atoms with Gasteiger partial charge in [-0.3, -0.25) is 4.79 Å². The van der Waals surface area contributed by atoms with Crippen LogP contribution in [0.15, 0.2) is 24.3 Å². The summed E-state index contributed by atoms with van der Waals surface area (Å²) in [4.78, 5) is 11.4. The molecule has 0 heterocycles. The van der Waals surface area contributed by atoms with Crippen molar-refractivity contribution in [2.75, 3.05) is 6.54 Å². The first kappa shape index (κ1) is 16.7. The average Bonchev–Trinajstić information content (AvgIpc) is 2.35. The van der Waals surface area contributed by atoms with E-state index in [1.807, 2.05) is 6.92 Å². The molecule has 0 fully saturated rings. The number of hydrogen-bond acceptors (Lipinski definition) is 2. The van der Waals surface area contributed by atoms with Gasteiger partial charge in [0.1, 0.15) is 0 Å². The molecule has 0 spiro atoms. The van der Waals surface area contributed by atoms with Gasteiger partial charge in [0.15, 0.2) is 0 Å². The molecule has 1 aromatic rings. The number of benzene rings is 1. The number of rotatable bonds is 6. The van der Waals surface area contributed by atoms with Crippen LogP contribution in [0.25, 0.3) is 0 Å². The Kier molecular flexibility index (Phi) is 5.35. The predicted octanol–water partition coefficient (Wildman–Crippen LogP) is 3.07. The molecule has 3 heteroatoms. The second-order valence-electron chi connectivity index (χ2n) is 6.73. The lowest BCUT2D eigenvalue weighted by Crippen LogP contribution is -2.43. The Balaban J connectivity index is 3.05. The summed E-state index contributed by atoms with van der Waals surface area (Å²) in [5.41, 5.74) is 7.55. The van der Waals surface area contributed by atoms with Crippen LogP contribution in [0.1, 0.15) is 58.6 Å². The van der Waals surface area contributed by atoms with E-state index in [0.717, 1.165) is 18.5 Å². The summed E-state index contributed by atoms with van der Waals surface area (Å²) in [6.07, 6.45) is 1.33. The molecule has 0 aliphatic rings. The third-order valence-corrected chi connectivity index (χ3v) is 3.68. The Bertz CT molecular complexity index is 445. The molecular formula is C17H28N2O. The lowest BCUT2D eigenvalue weighted by atomic mass is 9.83. The van der Waals surface area contributed by atoms with Gasteiger partial charge in [-0.2, -0.15) is 0 Å². The lowest BCUT2D eigenvalue weighted by Gasteiger charge is -2.31. The number of hydrogen-bond donors (Lipinski definition) is 2. The topological polar surface area (TPSA) is 55.1 Å². The second-order valence-corrected chi connectivity index (χ2v) is 6.73. The molecule has 0 saturated heterocycles. The van der Waals surface area contributed by atoms with Gasteiger partial charge >= 0.3 is 0 Å². The van der Waals surface area contributed by atoms with Crippen molar-refractivity contribution in [1.82, 2.24) is 5.32 Å². The fourth-order valence-electron chi connectivity index (χ4n) is 2.35. The van der Waals surface area contributed by atoms with E-state index in [2.05, 4.69) is 57.3 Å². The predicted molar refractivity (Wildman–Crippen MR) is 84.6 cm³/mol. The third-order valence-electron chi connectivity index (χ3n) is 3.68. The van der Waals surface area contributed by atoms with Crippen LogP contribution in [0.2, 0.25) is 0 Å². The molecule has 3 N–H and O–H groups in total. The Hall–Kier alpha value is -1.35. The number of carbonyl (C=O) groups is 1. The zero-order valence-electron chi connectivity index (χ0n) is 13.4. The summed E-state index contributed by atoms with van der Waals surface area (Å²) >= 11 is 0. The fourth-order valence-corrected chi connectivity index (χ4v) is 2.35. The van der Waals surface area contributed by atoms with E-state index in [0.29, 0.717) is 6.42 Å². The molecule has 20 heavy (non-hydrogen) atoms. The molecule has 1 rings (SSSR count). The van der Waals surface area contributed by atoms with Crippen LogP contribution in [-0.4, -0.2) is 12.5 Å². The van der Waals surface area contributed by atoms with Crippen molar-refractivity contribution in [3.63, 3.8) is 0 Å². The maximum Gasteiger partial charge on any atom is 0.219 e. The van der Waals surface area contributed by atoms with Crippen molar-refractivity contribution in [1.29, 1.82) is 0 Å². The molecule has 1 unspecified atom stereocenters. The normalized spacial score (nSPS) is 14.8. The Morgan fingerprint density at radius 3 is 2.00 bits per heavy atom. The highest BCUT2D eigenvalue weighted by molar-refractivity contribution is 5.75. The molecule has 112 valence electrons. The average molecular weight is 276 g/mol. The summed E-state index contributed by atoms with van der Waals surface area (Å²) in [7, 11) is 0. The van der Waals surface area contributed by atoms with Gasteiger partial charge in [0.25, 0.3) is 0 Å². The number of amides is 1. The number of primary amides is 1. The molecular weight excluding hydrogens is 248 g/mol. The van der Waals surface area contributed by atoms with E-state index in [4.69, 9.17) is 5.73 Å². The minimum atomic E-state index is -0.391. The monoisotopic (exact) mass is 276 g/mol. The standard InChI is InChI=1S/C17H28N2O/c1-6-11-19-17(5,12-15(18)20)14-9-7-13(8-10-14)16(2,3)4/h7-10,19H,6,11-12H2,1-5H3,(H2,18,20). The lowest BCUT2D eigenvalue weighted by molar-refractivity contribution is -0.119. The van der Waals surface area contributed by atoms with Crippen molar-refractivity contribution in [3.8, 4) is 0 Å². The summed E-state index contributed by atoms with van der Waals surface area (Å²) in [6.45, 7) is 11.6. The summed E-state index contributed by atoms with van der Waals surface area (Å²) in [5.74, 6) is -0.281.